The first-order valence-electron chi connectivity index (χ1n) is 7.70. The molecule has 0 saturated heterocycles. The minimum Gasteiger partial charge on any atom is -0.451 e. The number of thiocarbonyl (C=S) groups is 1. The van der Waals surface area contributed by atoms with Crippen LogP contribution in [0, 0.1) is 0 Å². The molecule has 1 aliphatic rings. The first kappa shape index (κ1) is 17.3. The van der Waals surface area contributed by atoms with E-state index < -0.39 is 0 Å². The lowest BCUT2D eigenvalue weighted by Gasteiger charge is -2.14. The third-order valence-electron chi connectivity index (χ3n) is 3.95. The summed E-state index contributed by atoms with van der Waals surface area (Å²) >= 11 is 17.1. The van der Waals surface area contributed by atoms with Crippen LogP contribution in [0.15, 0.2) is 34.7 Å². The molecule has 0 unspecified atom stereocenters. The molecular formula is C17H16Cl2N2O2S. The molecule has 2 N–H and O–H groups in total. The van der Waals surface area contributed by atoms with Crippen LogP contribution in [-0.4, -0.2) is 17.1 Å². The van der Waals surface area contributed by atoms with Crippen LogP contribution in [0.1, 0.15) is 36.2 Å². The highest BCUT2D eigenvalue weighted by molar-refractivity contribution is 7.80. The van der Waals surface area contributed by atoms with Crippen molar-refractivity contribution in [2.75, 3.05) is 0 Å². The number of amides is 1. The van der Waals surface area contributed by atoms with Crippen LogP contribution >= 0.6 is 35.4 Å². The van der Waals surface area contributed by atoms with Crippen molar-refractivity contribution in [3.63, 3.8) is 0 Å². The number of benzene rings is 1. The molecule has 0 spiro atoms. The van der Waals surface area contributed by atoms with E-state index >= 15 is 0 Å². The largest absolute Gasteiger partial charge is 0.451 e. The molecular weight excluding hydrogens is 367 g/mol. The van der Waals surface area contributed by atoms with Gasteiger partial charge in [-0.1, -0.05) is 36.0 Å². The molecule has 126 valence electrons. The molecule has 1 aromatic heterocycles. The van der Waals surface area contributed by atoms with E-state index in [0.717, 1.165) is 18.4 Å². The predicted molar refractivity (Wildman–Crippen MR) is 99.6 cm³/mol. The number of halogens is 2. The van der Waals surface area contributed by atoms with E-state index in [-0.39, 0.29) is 11.7 Å². The molecule has 1 heterocycles. The van der Waals surface area contributed by atoms with Crippen molar-refractivity contribution >= 4 is 46.4 Å². The molecule has 1 fully saturated rings. The Labute approximate surface area is 155 Å². The van der Waals surface area contributed by atoms with Gasteiger partial charge in [0.2, 0.25) is 0 Å². The Morgan fingerprint density at radius 1 is 1.12 bits per heavy atom. The SMILES string of the molecule is O=C(NC(=S)NC1CCCC1)c1ccc(-c2ccc(Cl)c(Cl)c2)o1. The van der Waals surface area contributed by atoms with E-state index in [1.807, 2.05) is 0 Å². The highest BCUT2D eigenvalue weighted by Gasteiger charge is 2.18. The Morgan fingerprint density at radius 3 is 2.58 bits per heavy atom. The molecule has 0 aliphatic heterocycles. The van der Waals surface area contributed by atoms with Gasteiger partial charge in [-0.2, -0.15) is 0 Å². The summed E-state index contributed by atoms with van der Waals surface area (Å²) in [4.78, 5) is 12.2. The van der Waals surface area contributed by atoms with Crippen LogP contribution in [0.4, 0.5) is 0 Å². The number of hydrogen-bond donors (Lipinski definition) is 2. The summed E-state index contributed by atoms with van der Waals surface area (Å²) in [5.41, 5.74) is 0.745. The number of carbonyl (C=O) groups excluding carboxylic acids is 1. The number of rotatable bonds is 3. The average molecular weight is 383 g/mol. The van der Waals surface area contributed by atoms with Crippen LogP contribution < -0.4 is 10.6 Å². The maximum Gasteiger partial charge on any atom is 0.293 e. The Kier molecular flexibility index (Phi) is 5.43. The van der Waals surface area contributed by atoms with Gasteiger partial charge < -0.3 is 9.73 Å². The summed E-state index contributed by atoms with van der Waals surface area (Å²) in [6, 6.07) is 8.81. The molecule has 1 aliphatic carbocycles. The molecule has 1 amide bonds. The molecule has 0 bridgehead atoms. The quantitative estimate of drug-likeness (QED) is 0.748. The molecule has 7 heteroatoms. The van der Waals surface area contributed by atoms with Gasteiger partial charge in [0.25, 0.3) is 5.91 Å². The fraction of sp³-hybridized carbons (Fsp3) is 0.294. The van der Waals surface area contributed by atoms with Crippen molar-refractivity contribution in [3.8, 4) is 11.3 Å². The fourth-order valence-corrected chi connectivity index (χ4v) is 3.28. The second-order valence-electron chi connectivity index (χ2n) is 5.70. The van der Waals surface area contributed by atoms with Gasteiger partial charge in [-0.15, -0.1) is 0 Å². The summed E-state index contributed by atoms with van der Waals surface area (Å²) in [6.07, 6.45) is 4.55. The van der Waals surface area contributed by atoms with Crippen molar-refractivity contribution in [1.82, 2.24) is 10.6 Å². The second-order valence-corrected chi connectivity index (χ2v) is 6.92. The zero-order valence-electron chi connectivity index (χ0n) is 12.8. The normalized spacial score (nSPS) is 14.6. The zero-order chi connectivity index (χ0) is 17.1. The number of carbonyl (C=O) groups is 1. The smallest absolute Gasteiger partial charge is 0.293 e. The molecule has 0 atom stereocenters. The van der Waals surface area contributed by atoms with Crippen molar-refractivity contribution < 1.29 is 9.21 Å². The van der Waals surface area contributed by atoms with Crippen molar-refractivity contribution in [1.29, 1.82) is 0 Å². The van der Waals surface area contributed by atoms with Gasteiger partial charge in [0.15, 0.2) is 10.9 Å². The van der Waals surface area contributed by atoms with E-state index in [2.05, 4.69) is 10.6 Å². The van der Waals surface area contributed by atoms with E-state index in [1.54, 1.807) is 30.3 Å². The van der Waals surface area contributed by atoms with Crippen molar-refractivity contribution in [2.45, 2.75) is 31.7 Å². The fourth-order valence-electron chi connectivity index (χ4n) is 2.72. The van der Waals surface area contributed by atoms with Gasteiger partial charge in [-0.25, -0.2) is 0 Å². The first-order valence-corrected chi connectivity index (χ1v) is 8.86. The first-order chi connectivity index (χ1) is 11.5. The van der Waals surface area contributed by atoms with Gasteiger partial charge in [0.05, 0.1) is 10.0 Å². The number of nitrogens with one attached hydrogen (secondary N) is 2. The zero-order valence-corrected chi connectivity index (χ0v) is 15.1. The topological polar surface area (TPSA) is 54.3 Å². The minimum atomic E-state index is -0.378. The van der Waals surface area contributed by atoms with Gasteiger partial charge in [-0.3, -0.25) is 10.1 Å². The lowest BCUT2D eigenvalue weighted by Crippen LogP contribution is -2.43. The highest BCUT2D eigenvalue weighted by Crippen LogP contribution is 2.29. The molecule has 24 heavy (non-hydrogen) atoms. The average Bonchev–Trinajstić information content (AvgIpc) is 3.21. The van der Waals surface area contributed by atoms with Gasteiger partial charge in [0, 0.05) is 11.6 Å². The lowest BCUT2D eigenvalue weighted by atomic mass is 10.2. The molecule has 1 saturated carbocycles. The third-order valence-corrected chi connectivity index (χ3v) is 4.91. The molecule has 0 radical (unpaired) electrons. The van der Waals surface area contributed by atoms with E-state index in [1.165, 1.54) is 12.8 Å². The number of hydrogen-bond acceptors (Lipinski definition) is 3. The number of furan rings is 1. The minimum absolute atomic E-state index is 0.187. The van der Waals surface area contributed by atoms with Crippen LogP contribution in [-0.2, 0) is 0 Å². The summed E-state index contributed by atoms with van der Waals surface area (Å²) in [6.45, 7) is 0. The second kappa shape index (κ2) is 7.55. The summed E-state index contributed by atoms with van der Waals surface area (Å²) in [5.74, 6) is 0.344. The maximum absolute atomic E-state index is 12.2. The maximum atomic E-state index is 12.2. The Morgan fingerprint density at radius 2 is 1.88 bits per heavy atom. The summed E-state index contributed by atoms with van der Waals surface area (Å²) < 4.78 is 5.60. The Bertz CT molecular complexity index is 770. The molecule has 1 aromatic carbocycles. The van der Waals surface area contributed by atoms with Crippen LogP contribution in [0.3, 0.4) is 0 Å². The van der Waals surface area contributed by atoms with E-state index in [0.29, 0.717) is 27.0 Å². The van der Waals surface area contributed by atoms with Crippen LogP contribution in [0.25, 0.3) is 11.3 Å². The molecule has 3 rings (SSSR count). The van der Waals surface area contributed by atoms with Crippen molar-refractivity contribution in [2.24, 2.45) is 0 Å². The molecule has 2 aromatic rings. The van der Waals surface area contributed by atoms with E-state index in [9.17, 15) is 4.79 Å². The highest BCUT2D eigenvalue weighted by atomic mass is 35.5. The lowest BCUT2D eigenvalue weighted by molar-refractivity contribution is 0.0950. The molecule has 4 nitrogen and oxygen atoms in total. The van der Waals surface area contributed by atoms with Crippen LogP contribution in [0.5, 0.6) is 0 Å². The van der Waals surface area contributed by atoms with Crippen LogP contribution in [0.2, 0.25) is 10.0 Å². The van der Waals surface area contributed by atoms with Crippen molar-refractivity contribution in [3.05, 3.63) is 46.1 Å². The van der Waals surface area contributed by atoms with Gasteiger partial charge >= 0.3 is 0 Å². The van der Waals surface area contributed by atoms with Gasteiger partial charge in [0.1, 0.15) is 5.76 Å². The summed E-state index contributed by atoms with van der Waals surface area (Å²) in [5, 5.41) is 7.03. The summed E-state index contributed by atoms with van der Waals surface area (Å²) in [7, 11) is 0. The van der Waals surface area contributed by atoms with Gasteiger partial charge in [-0.05, 0) is 55.4 Å². The monoisotopic (exact) mass is 382 g/mol. The standard InChI is InChI=1S/C17H16Cl2N2O2S/c18-12-6-5-10(9-13(12)19)14-7-8-15(23-14)16(22)21-17(24)20-11-3-1-2-4-11/h5-9,11H,1-4H2,(H2,20,21,22,24). The Hall–Kier alpha value is -1.56. The Balaban J connectivity index is 1.64. The predicted octanol–water partition coefficient (Wildman–Crippen LogP) is 4.80. The van der Waals surface area contributed by atoms with E-state index in [4.69, 9.17) is 39.8 Å². The third kappa shape index (κ3) is 4.09.